The van der Waals surface area contributed by atoms with Crippen molar-refractivity contribution in [2.75, 3.05) is 40.4 Å². The second kappa shape index (κ2) is 10.6. The van der Waals surface area contributed by atoms with Gasteiger partial charge in [-0.25, -0.2) is 0 Å². The molecule has 0 aromatic heterocycles. The van der Waals surface area contributed by atoms with Crippen LogP contribution in [0.4, 0.5) is 0 Å². The average Bonchev–Trinajstić information content (AvgIpc) is 3.28. The van der Waals surface area contributed by atoms with E-state index >= 15 is 0 Å². The van der Waals surface area contributed by atoms with Crippen molar-refractivity contribution in [2.24, 2.45) is 5.73 Å². The van der Waals surface area contributed by atoms with Gasteiger partial charge in [-0.15, -0.1) is 0 Å². The van der Waals surface area contributed by atoms with E-state index in [9.17, 15) is 14.4 Å². The van der Waals surface area contributed by atoms with Crippen LogP contribution in [0.3, 0.4) is 0 Å². The maximum atomic E-state index is 13.2. The molecule has 1 unspecified atom stereocenters. The fourth-order valence-corrected chi connectivity index (χ4v) is 3.61. The summed E-state index contributed by atoms with van der Waals surface area (Å²) in [6, 6.07) is 13.9. The van der Waals surface area contributed by atoms with Crippen LogP contribution in [0.25, 0.3) is 0 Å². The fourth-order valence-electron chi connectivity index (χ4n) is 3.61. The maximum Gasteiger partial charge on any atom is 0.263 e. The van der Waals surface area contributed by atoms with E-state index in [-0.39, 0.29) is 44.4 Å². The third-order valence-electron chi connectivity index (χ3n) is 5.26. The summed E-state index contributed by atoms with van der Waals surface area (Å²) in [4.78, 5) is 42.1. The van der Waals surface area contributed by atoms with E-state index in [0.29, 0.717) is 17.1 Å². The molecule has 32 heavy (non-hydrogen) atoms. The highest BCUT2D eigenvalue weighted by molar-refractivity contribution is 5.99. The molecule has 3 N–H and O–H groups in total. The van der Waals surface area contributed by atoms with Crippen molar-refractivity contribution in [2.45, 2.75) is 12.6 Å². The minimum Gasteiger partial charge on any atom is -0.497 e. The van der Waals surface area contributed by atoms with Gasteiger partial charge in [-0.3, -0.25) is 14.4 Å². The Bertz CT molecular complexity index is 963. The molecule has 2 aromatic carbocycles. The maximum absolute atomic E-state index is 13.2. The van der Waals surface area contributed by atoms with Crippen molar-refractivity contribution >= 4 is 17.7 Å². The molecular weight excluding hydrogens is 412 g/mol. The molecule has 3 rings (SSSR count). The Morgan fingerprint density at radius 3 is 2.34 bits per heavy atom. The Hall–Kier alpha value is -3.59. The van der Waals surface area contributed by atoms with Crippen molar-refractivity contribution in [1.29, 1.82) is 0 Å². The van der Waals surface area contributed by atoms with E-state index in [0.717, 1.165) is 5.56 Å². The minimum atomic E-state index is -1.05. The summed E-state index contributed by atoms with van der Waals surface area (Å²) in [6.45, 7) is 0.996. The molecule has 0 radical (unpaired) electrons. The smallest absolute Gasteiger partial charge is 0.263 e. The van der Waals surface area contributed by atoms with Crippen LogP contribution in [0.2, 0.25) is 0 Å². The Labute approximate surface area is 187 Å². The number of hydrogen-bond acceptors (Lipinski definition) is 6. The standard InChI is InChI=1S/C23H28N4O5/c1-31-18-8-6-16(7-9-18)14-20(28)26-12-13-27(22(26)21(29)25-11-10-24)23(30)17-4-3-5-19(15-17)32-2/h3-9,15,22H,10-14,24H2,1-2H3,(H,25,29). The quantitative estimate of drug-likeness (QED) is 0.623. The molecule has 1 saturated heterocycles. The highest BCUT2D eigenvalue weighted by Gasteiger charge is 2.42. The summed E-state index contributed by atoms with van der Waals surface area (Å²) < 4.78 is 10.3. The summed E-state index contributed by atoms with van der Waals surface area (Å²) in [7, 11) is 3.09. The number of benzene rings is 2. The lowest BCUT2D eigenvalue weighted by atomic mass is 10.1. The van der Waals surface area contributed by atoms with Gasteiger partial charge in [0.05, 0.1) is 20.6 Å². The second-order valence-electron chi connectivity index (χ2n) is 7.30. The van der Waals surface area contributed by atoms with Gasteiger partial charge in [0, 0.05) is 31.7 Å². The number of carbonyl (C=O) groups excluding carboxylic acids is 3. The first-order valence-corrected chi connectivity index (χ1v) is 10.3. The van der Waals surface area contributed by atoms with Gasteiger partial charge >= 0.3 is 0 Å². The molecule has 170 valence electrons. The van der Waals surface area contributed by atoms with Gasteiger partial charge in [0.1, 0.15) is 11.5 Å². The van der Waals surface area contributed by atoms with E-state index in [1.165, 1.54) is 16.9 Å². The number of amides is 3. The lowest BCUT2D eigenvalue weighted by Gasteiger charge is -2.29. The topological polar surface area (TPSA) is 114 Å². The van der Waals surface area contributed by atoms with E-state index in [1.807, 2.05) is 0 Å². The summed E-state index contributed by atoms with van der Waals surface area (Å²) in [6.07, 6.45) is -0.947. The largest absolute Gasteiger partial charge is 0.497 e. The van der Waals surface area contributed by atoms with E-state index in [2.05, 4.69) is 5.32 Å². The highest BCUT2D eigenvalue weighted by Crippen LogP contribution is 2.22. The first-order valence-electron chi connectivity index (χ1n) is 10.3. The lowest BCUT2D eigenvalue weighted by Crippen LogP contribution is -2.54. The highest BCUT2D eigenvalue weighted by atomic mass is 16.5. The lowest BCUT2D eigenvalue weighted by molar-refractivity contribution is -0.140. The summed E-state index contributed by atoms with van der Waals surface area (Å²) in [5.74, 6) is 0.191. The van der Waals surface area contributed by atoms with Gasteiger partial charge in [0.2, 0.25) is 5.91 Å². The Morgan fingerprint density at radius 1 is 1.00 bits per heavy atom. The monoisotopic (exact) mass is 440 g/mol. The van der Waals surface area contributed by atoms with Gasteiger partial charge in [-0.2, -0.15) is 0 Å². The van der Waals surface area contributed by atoms with Crippen LogP contribution >= 0.6 is 0 Å². The molecule has 1 heterocycles. The van der Waals surface area contributed by atoms with Crippen molar-refractivity contribution < 1.29 is 23.9 Å². The van der Waals surface area contributed by atoms with Crippen molar-refractivity contribution in [3.63, 3.8) is 0 Å². The molecule has 0 spiro atoms. The van der Waals surface area contributed by atoms with Crippen LogP contribution < -0.4 is 20.5 Å². The number of carbonyl (C=O) groups is 3. The van der Waals surface area contributed by atoms with Gasteiger partial charge < -0.3 is 30.3 Å². The number of nitrogens with zero attached hydrogens (tertiary/aromatic N) is 2. The van der Waals surface area contributed by atoms with E-state index in [4.69, 9.17) is 15.2 Å². The molecule has 9 nitrogen and oxygen atoms in total. The molecule has 3 amide bonds. The number of methoxy groups -OCH3 is 2. The van der Waals surface area contributed by atoms with Crippen molar-refractivity contribution in [3.8, 4) is 11.5 Å². The molecule has 9 heteroatoms. The van der Waals surface area contributed by atoms with Crippen LogP contribution in [0, 0.1) is 0 Å². The van der Waals surface area contributed by atoms with E-state index in [1.54, 1.807) is 55.6 Å². The predicted molar refractivity (Wildman–Crippen MR) is 118 cm³/mol. The Morgan fingerprint density at radius 2 is 1.69 bits per heavy atom. The molecule has 0 saturated carbocycles. The summed E-state index contributed by atoms with van der Waals surface area (Å²) in [5, 5.41) is 2.70. The fraction of sp³-hybridized carbons (Fsp3) is 0.348. The number of hydrogen-bond donors (Lipinski definition) is 2. The van der Waals surface area contributed by atoms with Crippen LogP contribution in [-0.2, 0) is 16.0 Å². The number of ether oxygens (including phenoxy) is 2. The summed E-state index contributed by atoms with van der Waals surface area (Å²) in [5.41, 5.74) is 6.68. The van der Waals surface area contributed by atoms with Crippen LogP contribution in [0.5, 0.6) is 11.5 Å². The Balaban J connectivity index is 1.82. The van der Waals surface area contributed by atoms with Crippen molar-refractivity contribution in [3.05, 3.63) is 59.7 Å². The zero-order valence-electron chi connectivity index (χ0n) is 18.2. The molecule has 1 aliphatic rings. The number of nitrogens with two attached hydrogens (primary N) is 1. The molecule has 0 aliphatic carbocycles. The normalized spacial score (nSPS) is 15.4. The molecular formula is C23H28N4O5. The van der Waals surface area contributed by atoms with Crippen LogP contribution in [0.15, 0.2) is 48.5 Å². The van der Waals surface area contributed by atoms with Gasteiger partial charge in [-0.05, 0) is 35.9 Å². The minimum absolute atomic E-state index is 0.103. The zero-order chi connectivity index (χ0) is 23.1. The molecule has 2 aromatic rings. The Kier molecular flexibility index (Phi) is 7.67. The van der Waals surface area contributed by atoms with Gasteiger partial charge in [-0.1, -0.05) is 18.2 Å². The molecule has 1 aliphatic heterocycles. The van der Waals surface area contributed by atoms with Crippen molar-refractivity contribution in [1.82, 2.24) is 15.1 Å². The third kappa shape index (κ3) is 5.17. The molecule has 1 fully saturated rings. The van der Waals surface area contributed by atoms with E-state index < -0.39 is 12.1 Å². The first-order chi connectivity index (χ1) is 15.5. The molecule has 1 atom stereocenters. The number of nitrogens with one attached hydrogen (secondary N) is 1. The second-order valence-corrected chi connectivity index (χ2v) is 7.30. The van der Waals surface area contributed by atoms with Gasteiger partial charge in [0.25, 0.3) is 11.8 Å². The van der Waals surface area contributed by atoms with Crippen LogP contribution in [0.1, 0.15) is 15.9 Å². The summed E-state index contributed by atoms with van der Waals surface area (Å²) >= 11 is 0. The first kappa shape index (κ1) is 23.1. The molecule has 0 bridgehead atoms. The van der Waals surface area contributed by atoms with Crippen LogP contribution in [-0.4, -0.2) is 74.1 Å². The van der Waals surface area contributed by atoms with Gasteiger partial charge in [0.15, 0.2) is 6.17 Å². The average molecular weight is 441 g/mol. The third-order valence-corrected chi connectivity index (χ3v) is 5.26. The zero-order valence-corrected chi connectivity index (χ0v) is 18.2. The SMILES string of the molecule is COc1ccc(CC(=O)N2CCN(C(=O)c3cccc(OC)c3)C2C(=O)NCCN)cc1. The predicted octanol–water partition coefficient (Wildman–Crippen LogP) is 0.632. The number of rotatable bonds is 8.